The summed E-state index contributed by atoms with van der Waals surface area (Å²) in [6, 6.07) is 17.3. The molecule has 1 aliphatic rings. The third-order valence-corrected chi connectivity index (χ3v) is 5.36. The normalized spacial score (nSPS) is 14.1. The molecule has 1 heterocycles. The number of hydrogen-bond acceptors (Lipinski definition) is 4. The minimum Gasteiger partial charge on any atom is -0.455 e. The van der Waals surface area contributed by atoms with Crippen LogP contribution < -0.4 is 16.1 Å². The van der Waals surface area contributed by atoms with Crippen molar-refractivity contribution in [3.63, 3.8) is 0 Å². The van der Waals surface area contributed by atoms with Crippen molar-refractivity contribution >= 4 is 40.3 Å². The maximum absolute atomic E-state index is 12.8. The number of carbonyl (C=O) groups excluding carboxylic acids is 1. The highest BCUT2D eigenvalue weighted by Gasteiger charge is 2.28. The Labute approximate surface area is 186 Å². The zero-order chi connectivity index (χ0) is 21.8. The molecule has 6 nitrogen and oxygen atoms in total. The Morgan fingerprint density at radius 2 is 1.68 bits per heavy atom. The number of hydrazone groups is 1. The molecule has 0 saturated heterocycles. The maximum atomic E-state index is 12.8. The van der Waals surface area contributed by atoms with Crippen molar-refractivity contribution in [1.29, 1.82) is 0 Å². The molecule has 0 bridgehead atoms. The van der Waals surface area contributed by atoms with E-state index in [0.717, 1.165) is 58.8 Å². The zero-order valence-corrected chi connectivity index (χ0v) is 18.3. The smallest absolute Gasteiger partial charge is 0.291 e. The van der Waals surface area contributed by atoms with Crippen LogP contribution in [0.3, 0.4) is 0 Å². The summed E-state index contributed by atoms with van der Waals surface area (Å²) >= 11 is 5.35. The van der Waals surface area contributed by atoms with Crippen LogP contribution in [-0.4, -0.2) is 16.7 Å². The lowest BCUT2D eigenvalue weighted by Crippen LogP contribution is -2.26. The lowest BCUT2D eigenvalue weighted by atomic mass is 9.93. The van der Waals surface area contributed by atoms with Gasteiger partial charge in [-0.15, -0.1) is 0 Å². The number of nitrogens with one attached hydrogen (secondary N) is 3. The second-order valence-electron chi connectivity index (χ2n) is 7.52. The molecule has 1 aromatic heterocycles. The monoisotopic (exact) mass is 432 g/mol. The van der Waals surface area contributed by atoms with Crippen molar-refractivity contribution < 1.29 is 9.21 Å². The van der Waals surface area contributed by atoms with Gasteiger partial charge in [0.05, 0.1) is 5.71 Å². The maximum Gasteiger partial charge on any atom is 0.291 e. The Kier molecular flexibility index (Phi) is 6.13. The molecule has 0 atom stereocenters. The molecule has 0 aliphatic heterocycles. The Morgan fingerprint density at radius 3 is 2.42 bits per heavy atom. The number of nitrogens with zero attached hydrogens (tertiary/aromatic N) is 1. The summed E-state index contributed by atoms with van der Waals surface area (Å²) in [5.41, 5.74) is 8.21. The van der Waals surface area contributed by atoms with Crippen LogP contribution in [0.4, 0.5) is 11.4 Å². The van der Waals surface area contributed by atoms with Crippen molar-refractivity contribution in [2.75, 3.05) is 10.6 Å². The highest BCUT2D eigenvalue weighted by atomic mass is 32.1. The third kappa shape index (κ3) is 4.83. The van der Waals surface area contributed by atoms with Gasteiger partial charge in [0.2, 0.25) is 0 Å². The Hall–Kier alpha value is -3.45. The quantitative estimate of drug-likeness (QED) is 0.391. The van der Waals surface area contributed by atoms with Crippen LogP contribution in [0.2, 0.25) is 0 Å². The topological polar surface area (TPSA) is 78.7 Å². The first-order valence-electron chi connectivity index (χ1n) is 10.2. The molecule has 0 unspecified atom stereocenters. The SMILES string of the molecule is Cc1ccc(NC(=O)c2oc3c(c2C)/C(=N/NC(=S)Nc2ccccc2)CCC3)cc1. The predicted molar refractivity (Wildman–Crippen MR) is 128 cm³/mol. The van der Waals surface area contributed by atoms with E-state index in [2.05, 4.69) is 21.2 Å². The van der Waals surface area contributed by atoms with Crippen LogP contribution in [0.1, 0.15) is 45.8 Å². The van der Waals surface area contributed by atoms with Crippen LogP contribution in [-0.2, 0) is 6.42 Å². The fourth-order valence-electron chi connectivity index (χ4n) is 3.62. The molecule has 0 spiro atoms. The molecule has 0 saturated carbocycles. The van der Waals surface area contributed by atoms with E-state index in [1.54, 1.807) is 0 Å². The number of rotatable bonds is 4. The van der Waals surface area contributed by atoms with Gasteiger partial charge in [0.1, 0.15) is 5.76 Å². The average Bonchev–Trinajstić information content (AvgIpc) is 3.12. The number of furan rings is 1. The number of carbonyl (C=O) groups is 1. The van der Waals surface area contributed by atoms with Crippen LogP contribution in [0.5, 0.6) is 0 Å². The lowest BCUT2D eigenvalue weighted by Gasteiger charge is -2.14. The number of benzene rings is 2. The van der Waals surface area contributed by atoms with Crippen molar-refractivity contribution in [3.05, 3.63) is 82.8 Å². The molecule has 1 amide bonds. The summed E-state index contributed by atoms with van der Waals surface area (Å²) in [5.74, 6) is 0.856. The molecular weight excluding hydrogens is 408 g/mol. The molecule has 0 fully saturated rings. The highest BCUT2D eigenvalue weighted by Crippen LogP contribution is 2.30. The summed E-state index contributed by atoms with van der Waals surface area (Å²) in [7, 11) is 0. The van der Waals surface area contributed by atoms with Gasteiger partial charge in [-0.05, 0) is 63.2 Å². The fraction of sp³-hybridized carbons (Fsp3) is 0.208. The molecule has 3 N–H and O–H groups in total. The van der Waals surface area contributed by atoms with Crippen LogP contribution >= 0.6 is 12.2 Å². The number of anilines is 2. The van der Waals surface area contributed by atoms with Gasteiger partial charge in [-0.1, -0.05) is 35.9 Å². The molecule has 7 heteroatoms. The van der Waals surface area contributed by atoms with Crippen LogP contribution in [0.15, 0.2) is 64.1 Å². The van der Waals surface area contributed by atoms with Crippen molar-refractivity contribution in [3.8, 4) is 0 Å². The highest BCUT2D eigenvalue weighted by molar-refractivity contribution is 7.80. The van der Waals surface area contributed by atoms with E-state index >= 15 is 0 Å². The average molecular weight is 433 g/mol. The van der Waals surface area contributed by atoms with E-state index < -0.39 is 0 Å². The van der Waals surface area contributed by atoms with Crippen LogP contribution in [0, 0.1) is 13.8 Å². The van der Waals surface area contributed by atoms with E-state index in [4.69, 9.17) is 16.6 Å². The molecule has 1 aliphatic carbocycles. The second-order valence-corrected chi connectivity index (χ2v) is 7.93. The fourth-order valence-corrected chi connectivity index (χ4v) is 3.78. The zero-order valence-electron chi connectivity index (χ0n) is 17.5. The molecule has 4 rings (SSSR count). The predicted octanol–water partition coefficient (Wildman–Crippen LogP) is 5.18. The first-order chi connectivity index (χ1) is 15.0. The summed E-state index contributed by atoms with van der Waals surface area (Å²) < 4.78 is 5.96. The number of para-hydroxylation sites is 1. The van der Waals surface area contributed by atoms with Crippen molar-refractivity contribution in [2.24, 2.45) is 5.10 Å². The number of amides is 1. The summed E-state index contributed by atoms with van der Waals surface area (Å²) in [6.07, 6.45) is 2.46. The Balaban J connectivity index is 1.51. The minimum absolute atomic E-state index is 0.260. The molecule has 2 aromatic carbocycles. The van der Waals surface area contributed by atoms with Crippen LogP contribution in [0.25, 0.3) is 0 Å². The second kappa shape index (κ2) is 9.14. The molecule has 31 heavy (non-hydrogen) atoms. The van der Waals surface area contributed by atoms with Gasteiger partial charge in [0.25, 0.3) is 5.91 Å². The summed E-state index contributed by atoms with van der Waals surface area (Å²) in [4.78, 5) is 12.8. The lowest BCUT2D eigenvalue weighted by molar-refractivity contribution is 0.0994. The van der Waals surface area contributed by atoms with E-state index in [9.17, 15) is 4.79 Å². The van der Waals surface area contributed by atoms with Crippen molar-refractivity contribution in [2.45, 2.75) is 33.1 Å². The number of hydrogen-bond donors (Lipinski definition) is 3. The Morgan fingerprint density at radius 1 is 0.968 bits per heavy atom. The number of aryl methyl sites for hydroxylation is 2. The molecule has 3 aromatic rings. The van der Waals surface area contributed by atoms with E-state index in [0.29, 0.717) is 10.9 Å². The molecular formula is C24H24N4O2S. The Bertz CT molecular complexity index is 1130. The molecule has 158 valence electrons. The van der Waals surface area contributed by atoms with Gasteiger partial charge in [0, 0.05) is 28.9 Å². The van der Waals surface area contributed by atoms with E-state index in [1.807, 2.05) is 68.4 Å². The van der Waals surface area contributed by atoms with Gasteiger partial charge < -0.3 is 15.1 Å². The largest absolute Gasteiger partial charge is 0.455 e. The van der Waals surface area contributed by atoms with Gasteiger partial charge in [-0.25, -0.2) is 0 Å². The number of fused-ring (bicyclic) bond motifs is 1. The van der Waals surface area contributed by atoms with Gasteiger partial charge in [-0.3, -0.25) is 10.2 Å². The summed E-state index contributed by atoms with van der Waals surface area (Å²) in [5, 5.41) is 10.9. The van der Waals surface area contributed by atoms with E-state index in [1.165, 1.54) is 0 Å². The van der Waals surface area contributed by atoms with Gasteiger partial charge in [-0.2, -0.15) is 5.10 Å². The standard InChI is InChI=1S/C24H24N4O2S/c1-15-11-13-18(14-12-15)25-23(29)22-16(2)21-19(9-6-10-20(21)30-22)27-28-24(31)26-17-7-4-3-5-8-17/h3-5,7-8,11-14H,6,9-10H2,1-2H3,(H,25,29)(H2,26,28,31)/b27-19+. The van der Waals surface area contributed by atoms with E-state index in [-0.39, 0.29) is 5.91 Å². The van der Waals surface area contributed by atoms with Gasteiger partial charge in [0.15, 0.2) is 10.9 Å². The van der Waals surface area contributed by atoms with Gasteiger partial charge >= 0.3 is 0 Å². The minimum atomic E-state index is -0.260. The first-order valence-corrected chi connectivity index (χ1v) is 10.6. The third-order valence-electron chi connectivity index (χ3n) is 5.17. The summed E-state index contributed by atoms with van der Waals surface area (Å²) in [6.45, 7) is 3.90. The number of thiocarbonyl (C=S) groups is 1. The first kappa shape index (κ1) is 20.8. The molecule has 0 radical (unpaired) electrons. The van der Waals surface area contributed by atoms with Crippen molar-refractivity contribution in [1.82, 2.24) is 5.43 Å².